The van der Waals surface area contributed by atoms with E-state index in [1.807, 2.05) is 6.92 Å². The third-order valence-electron chi connectivity index (χ3n) is 8.16. The second-order valence-corrected chi connectivity index (χ2v) is 12.6. The molecule has 12 heteroatoms. The van der Waals surface area contributed by atoms with Gasteiger partial charge in [-0.25, -0.2) is 0 Å². The molecule has 0 aliphatic rings. The molecule has 0 aromatic rings. The highest BCUT2D eigenvalue weighted by Crippen LogP contribution is 2.17. The Bertz CT molecular complexity index is 852. The maximum absolute atomic E-state index is 12.4. The van der Waals surface area contributed by atoms with Gasteiger partial charge in [0.05, 0.1) is 39.0 Å². The number of carboxylic acid groups (broad SMARTS) is 2. The summed E-state index contributed by atoms with van der Waals surface area (Å²) >= 11 is 0. The number of Topliss-reactive ketones (excluding diaryl/α,β-unsaturated/α-hetero) is 2. The number of ether oxygens (including phenoxy) is 4. The highest BCUT2D eigenvalue weighted by atomic mass is 16.5. The van der Waals surface area contributed by atoms with E-state index in [0.717, 1.165) is 44.9 Å². The van der Waals surface area contributed by atoms with Gasteiger partial charge >= 0.3 is 11.9 Å². The molecule has 0 spiro atoms. The molecule has 49 heavy (non-hydrogen) atoms. The lowest BCUT2D eigenvalue weighted by Gasteiger charge is -2.12. The van der Waals surface area contributed by atoms with Crippen molar-refractivity contribution in [3.8, 4) is 0 Å². The highest BCUT2D eigenvalue weighted by Gasteiger charge is 2.22. The molecule has 286 valence electrons. The second kappa shape index (κ2) is 35.4. The van der Waals surface area contributed by atoms with Gasteiger partial charge in [0.1, 0.15) is 12.4 Å². The standard InChI is InChI=1S/C37H67NO11/c1-2-46-26-27-47-24-17-19-34(40)31-49-29-28-48-25-23-38-35(41)22-21-32(37(44)45)30-33(39)18-15-13-11-9-7-5-3-4-6-8-10-12-14-16-20-36(42)43/h32H,2-31H2,1H3,(H,38,41)(H,42,43)(H,44,45). The number of unbranched alkanes of at least 4 members (excludes halogenated alkanes) is 13. The summed E-state index contributed by atoms with van der Waals surface area (Å²) in [7, 11) is 0. The summed E-state index contributed by atoms with van der Waals surface area (Å²) in [6.07, 6.45) is 17.2. The lowest BCUT2D eigenvalue weighted by Crippen LogP contribution is -2.29. The van der Waals surface area contributed by atoms with E-state index in [-0.39, 0.29) is 76.1 Å². The van der Waals surface area contributed by atoms with Gasteiger partial charge in [-0.2, -0.15) is 0 Å². The molecule has 0 saturated carbocycles. The van der Waals surface area contributed by atoms with Crippen LogP contribution in [-0.2, 0) is 42.9 Å². The van der Waals surface area contributed by atoms with Crippen LogP contribution in [0, 0.1) is 5.92 Å². The monoisotopic (exact) mass is 701 g/mol. The van der Waals surface area contributed by atoms with E-state index >= 15 is 0 Å². The van der Waals surface area contributed by atoms with Crippen LogP contribution >= 0.6 is 0 Å². The number of aliphatic carboxylic acids is 2. The number of ketones is 2. The number of carbonyl (C=O) groups is 5. The molecule has 0 radical (unpaired) electrons. The molecule has 0 aromatic carbocycles. The molecule has 1 amide bonds. The maximum atomic E-state index is 12.4. The average Bonchev–Trinajstić information content (AvgIpc) is 3.06. The molecule has 0 rings (SSSR count). The van der Waals surface area contributed by atoms with Crippen LogP contribution in [0.2, 0.25) is 0 Å². The molecule has 0 fully saturated rings. The first-order chi connectivity index (χ1) is 23.8. The van der Waals surface area contributed by atoms with Crippen molar-refractivity contribution in [1.82, 2.24) is 5.32 Å². The van der Waals surface area contributed by atoms with Gasteiger partial charge in [-0.05, 0) is 32.6 Å². The van der Waals surface area contributed by atoms with Gasteiger partial charge < -0.3 is 34.5 Å². The van der Waals surface area contributed by atoms with Crippen LogP contribution in [0.1, 0.15) is 142 Å². The zero-order valence-corrected chi connectivity index (χ0v) is 30.4. The first-order valence-corrected chi connectivity index (χ1v) is 18.8. The van der Waals surface area contributed by atoms with E-state index in [4.69, 9.17) is 24.1 Å². The molecule has 3 N–H and O–H groups in total. The zero-order valence-electron chi connectivity index (χ0n) is 30.4. The van der Waals surface area contributed by atoms with Crippen LogP contribution in [0.3, 0.4) is 0 Å². The van der Waals surface area contributed by atoms with E-state index < -0.39 is 17.9 Å². The minimum absolute atomic E-state index is 0.00261. The summed E-state index contributed by atoms with van der Waals surface area (Å²) in [5.41, 5.74) is 0. The Balaban J connectivity index is 3.66. The van der Waals surface area contributed by atoms with Crippen molar-refractivity contribution in [2.24, 2.45) is 5.92 Å². The molecule has 0 aromatic heterocycles. The normalized spacial score (nSPS) is 11.8. The van der Waals surface area contributed by atoms with Crippen molar-refractivity contribution >= 4 is 29.4 Å². The quantitative estimate of drug-likeness (QED) is 0.0613. The third-order valence-corrected chi connectivity index (χ3v) is 8.16. The fraction of sp³-hybridized carbons (Fsp3) is 0.865. The van der Waals surface area contributed by atoms with Gasteiger partial charge in [0.15, 0.2) is 5.78 Å². The van der Waals surface area contributed by atoms with Gasteiger partial charge in [0.2, 0.25) is 5.91 Å². The van der Waals surface area contributed by atoms with Gasteiger partial charge in [-0.3, -0.25) is 24.0 Å². The maximum Gasteiger partial charge on any atom is 0.306 e. The van der Waals surface area contributed by atoms with Gasteiger partial charge in [0, 0.05) is 51.9 Å². The Morgan fingerprint density at radius 3 is 1.57 bits per heavy atom. The van der Waals surface area contributed by atoms with Gasteiger partial charge in [0.25, 0.3) is 0 Å². The number of hydrogen-bond donors (Lipinski definition) is 3. The summed E-state index contributed by atoms with van der Waals surface area (Å²) < 4.78 is 21.3. The van der Waals surface area contributed by atoms with Gasteiger partial charge in [-0.15, -0.1) is 0 Å². The average molecular weight is 702 g/mol. The molecule has 1 atom stereocenters. The number of carbonyl (C=O) groups excluding carboxylic acids is 3. The van der Waals surface area contributed by atoms with E-state index in [9.17, 15) is 29.1 Å². The SMILES string of the molecule is CCOCCOCCCC(=O)COCCOCCNC(=O)CCC(CC(=O)CCCCCCCCCCCCCCCCC(=O)O)C(=O)O. The largest absolute Gasteiger partial charge is 0.481 e. The van der Waals surface area contributed by atoms with Crippen LogP contribution in [0.15, 0.2) is 0 Å². The van der Waals surface area contributed by atoms with E-state index in [2.05, 4.69) is 5.32 Å². The Morgan fingerprint density at radius 2 is 1.02 bits per heavy atom. The summed E-state index contributed by atoms with van der Waals surface area (Å²) in [6, 6.07) is 0. The molecule has 12 nitrogen and oxygen atoms in total. The van der Waals surface area contributed by atoms with Crippen LogP contribution < -0.4 is 5.32 Å². The van der Waals surface area contributed by atoms with Crippen molar-refractivity contribution in [1.29, 1.82) is 0 Å². The number of hydrogen-bond acceptors (Lipinski definition) is 9. The summed E-state index contributed by atoms with van der Waals surface area (Å²) in [6.45, 7) is 5.28. The molecular formula is C37H67NO11. The van der Waals surface area contributed by atoms with E-state index in [1.54, 1.807) is 0 Å². The topological polar surface area (TPSA) is 175 Å². The fourth-order valence-electron chi connectivity index (χ4n) is 5.28. The number of nitrogens with one attached hydrogen (secondary N) is 1. The minimum Gasteiger partial charge on any atom is -0.481 e. The van der Waals surface area contributed by atoms with Crippen molar-refractivity contribution < 1.29 is 53.1 Å². The van der Waals surface area contributed by atoms with Crippen molar-refractivity contribution in [3.63, 3.8) is 0 Å². The lowest BCUT2D eigenvalue weighted by atomic mass is 9.94. The zero-order chi connectivity index (χ0) is 36.2. The molecule has 1 unspecified atom stereocenters. The number of rotatable bonds is 39. The molecule has 0 aliphatic heterocycles. The Hall–Kier alpha value is -2.41. The summed E-state index contributed by atoms with van der Waals surface area (Å²) in [4.78, 5) is 58.5. The Kier molecular flexibility index (Phi) is 33.7. The van der Waals surface area contributed by atoms with Crippen LogP contribution in [0.25, 0.3) is 0 Å². The lowest BCUT2D eigenvalue weighted by molar-refractivity contribution is -0.144. The van der Waals surface area contributed by atoms with Crippen LogP contribution in [-0.4, -0.2) is 99.0 Å². The van der Waals surface area contributed by atoms with Crippen molar-refractivity contribution in [3.05, 3.63) is 0 Å². The molecule has 0 heterocycles. The first-order valence-electron chi connectivity index (χ1n) is 18.8. The molecule has 0 saturated heterocycles. The summed E-state index contributed by atoms with van der Waals surface area (Å²) in [5, 5.41) is 20.9. The molecule has 0 bridgehead atoms. The summed E-state index contributed by atoms with van der Waals surface area (Å²) in [5.74, 6) is -2.96. The van der Waals surface area contributed by atoms with Gasteiger partial charge in [-0.1, -0.05) is 77.0 Å². The molecular weight excluding hydrogens is 634 g/mol. The Morgan fingerprint density at radius 1 is 0.531 bits per heavy atom. The fourth-order valence-corrected chi connectivity index (χ4v) is 5.28. The third kappa shape index (κ3) is 35.2. The number of amides is 1. The predicted octanol–water partition coefficient (Wildman–Crippen LogP) is 6.30. The molecule has 0 aliphatic carbocycles. The van der Waals surface area contributed by atoms with E-state index in [0.29, 0.717) is 45.7 Å². The first kappa shape index (κ1) is 46.6. The van der Waals surface area contributed by atoms with Crippen molar-refractivity contribution in [2.45, 2.75) is 142 Å². The second-order valence-electron chi connectivity index (χ2n) is 12.6. The number of carboxylic acids is 2. The minimum atomic E-state index is -1.05. The van der Waals surface area contributed by atoms with Crippen LogP contribution in [0.4, 0.5) is 0 Å². The van der Waals surface area contributed by atoms with E-state index in [1.165, 1.54) is 44.9 Å². The highest BCUT2D eigenvalue weighted by molar-refractivity contribution is 5.84. The predicted molar refractivity (Wildman–Crippen MR) is 188 cm³/mol. The van der Waals surface area contributed by atoms with Crippen molar-refractivity contribution in [2.75, 3.05) is 59.4 Å². The smallest absolute Gasteiger partial charge is 0.306 e. The van der Waals surface area contributed by atoms with Crippen LogP contribution in [0.5, 0.6) is 0 Å². The Labute approximate surface area is 294 Å².